The second-order valence-corrected chi connectivity index (χ2v) is 7.71. The van der Waals surface area contributed by atoms with Gasteiger partial charge in [0.2, 0.25) is 4.96 Å². The molecule has 0 saturated carbocycles. The van der Waals surface area contributed by atoms with Gasteiger partial charge < -0.3 is 15.0 Å². The lowest BCUT2D eigenvalue weighted by atomic mass is 10.1. The Morgan fingerprint density at radius 1 is 1.39 bits per heavy atom. The summed E-state index contributed by atoms with van der Waals surface area (Å²) in [6.07, 6.45) is 0.268. The summed E-state index contributed by atoms with van der Waals surface area (Å²) >= 11 is 1.38. The highest BCUT2D eigenvalue weighted by Gasteiger charge is 2.31. The van der Waals surface area contributed by atoms with Gasteiger partial charge in [-0.3, -0.25) is 9.59 Å². The van der Waals surface area contributed by atoms with Gasteiger partial charge in [-0.15, -0.1) is 0 Å². The Balaban J connectivity index is 1.63. The molecule has 1 amide bonds. The molecule has 0 spiro atoms. The van der Waals surface area contributed by atoms with Crippen molar-refractivity contribution in [2.75, 3.05) is 18.0 Å². The molecule has 146 valence electrons. The molecule has 0 saturated heterocycles. The Hall–Kier alpha value is -2.94. The summed E-state index contributed by atoms with van der Waals surface area (Å²) in [6, 6.07) is 9.09. The van der Waals surface area contributed by atoms with Crippen LogP contribution in [0.25, 0.3) is 4.96 Å². The van der Waals surface area contributed by atoms with Crippen LogP contribution >= 0.6 is 11.3 Å². The number of nitrogens with one attached hydrogen (secondary N) is 1. The topological polar surface area (TPSA) is 88.8 Å². The average molecular weight is 399 g/mol. The van der Waals surface area contributed by atoms with Crippen molar-refractivity contribution < 1.29 is 9.53 Å². The fourth-order valence-corrected chi connectivity index (χ4v) is 4.10. The fraction of sp³-hybridized carbons (Fsp3) is 0.368. The van der Waals surface area contributed by atoms with Crippen molar-refractivity contribution in [3.63, 3.8) is 0 Å². The maximum atomic E-state index is 12.5. The lowest BCUT2D eigenvalue weighted by molar-refractivity contribution is -0.127. The van der Waals surface area contributed by atoms with Gasteiger partial charge in [0.05, 0.1) is 18.8 Å². The predicted octanol–water partition coefficient (Wildman–Crippen LogP) is 1.75. The number of aromatic nitrogens is 3. The normalized spacial score (nSPS) is 15.9. The first-order chi connectivity index (χ1) is 13.5. The Morgan fingerprint density at radius 2 is 2.21 bits per heavy atom. The number of aryl methyl sites for hydroxylation is 1. The van der Waals surface area contributed by atoms with Crippen molar-refractivity contribution in [2.24, 2.45) is 0 Å². The zero-order chi connectivity index (χ0) is 19.7. The molecular weight excluding hydrogens is 378 g/mol. The standard InChI is InChI=1S/C19H21N5O3S/c1-3-8-20-18(26)15-10-23(13-6-4-5-7-14(13)27-15)11-16-22-24-17(25)9-12(2)21-19(24)28-16/h4-7,9,15H,3,8,10-11H2,1-2H3,(H,20,26)/t15-/m0/s1. The first-order valence-corrected chi connectivity index (χ1v) is 10.0. The molecule has 4 rings (SSSR count). The van der Waals surface area contributed by atoms with Crippen molar-refractivity contribution in [2.45, 2.75) is 32.9 Å². The molecule has 0 radical (unpaired) electrons. The number of para-hydroxylation sites is 2. The Morgan fingerprint density at radius 3 is 3.04 bits per heavy atom. The van der Waals surface area contributed by atoms with Gasteiger partial charge in [0.25, 0.3) is 11.5 Å². The second-order valence-electron chi connectivity index (χ2n) is 6.67. The minimum atomic E-state index is -0.598. The van der Waals surface area contributed by atoms with Crippen LogP contribution in [0.15, 0.2) is 35.1 Å². The van der Waals surface area contributed by atoms with Gasteiger partial charge in [-0.2, -0.15) is 9.61 Å². The molecule has 0 bridgehead atoms. The molecule has 9 heteroatoms. The molecule has 28 heavy (non-hydrogen) atoms. The van der Waals surface area contributed by atoms with E-state index in [1.807, 2.05) is 31.2 Å². The van der Waals surface area contributed by atoms with E-state index >= 15 is 0 Å². The summed E-state index contributed by atoms with van der Waals surface area (Å²) in [7, 11) is 0. The number of carbonyl (C=O) groups is 1. The van der Waals surface area contributed by atoms with Crippen molar-refractivity contribution in [1.82, 2.24) is 19.9 Å². The van der Waals surface area contributed by atoms with Crippen LogP contribution in [-0.4, -0.2) is 39.7 Å². The highest BCUT2D eigenvalue weighted by Crippen LogP contribution is 2.34. The number of amides is 1. The van der Waals surface area contributed by atoms with Crippen LogP contribution in [0.5, 0.6) is 5.75 Å². The van der Waals surface area contributed by atoms with Gasteiger partial charge in [0, 0.05) is 18.3 Å². The van der Waals surface area contributed by atoms with Gasteiger partial charge in [-0.25, -0.2) is 4.98 Å². The second kappa shape index (κ2) is 7.59. The van der Waals surface area contributed by atoms with Crippen LogP contribution in [0.1, 0.15) is 24.0 Å². The van der Waals surface area contributed by atoms with E-state index in [0.717, 1.165) is 17.1 Å². The Labute approximate surface area is 165 Å². The minimum absolute atomic E-state index is 0.126. The number of benzene rings is 1. The van der Waals surface area contributed by atoms with Gasteiger partial charge in [-0.1, -0.05) is 30.4 Å². The van der Waals surface area contributed by atoms with Crippen molar-refractivity contribution in [1.29, 1.82) is 0 Å². The number of rotatable bonds is 5. The molecule has 0 aliphatic carbocycles. The number of hydrogen-bond acceptors (Lipinski definition) is 7. The largest absolute Gasteiger partial charge is 0.477 e. The van der Waals surface area contributed by atoms with Crippen LogP contribution in [0.4, 0.5) is 5.69 Å². The van der Waals surface area contributed by atoms with E-state index in [9.17, 15) is 9.59 Å². The van der Waals surface area contributed by atoms with Crippen molar-refractivity contribution in [3.05, 3.63) is 51.4 Å². The highest BCUT2D eigenvalue weighted by molar-refractivity contribution is 7.16. The fourth-order valence-electron chi connectivity index (χ4n) is 3.14. The zero-order valence-electron chi connectivity index (χ0n) is 15.7. The van der Waals surface area contributed by atoms with Crippen molar-refractivity contribution in [3.8, 4) is 5.75 Å². The minimum Gasteiger partial charge on any atom is -0.477 e. The first-order valence-electron chi connectivity index (χ1n) is 9.20. The lowest BCUT2D eigenvalue weighted by Crippen LogP contribution is -2.48. The van der Waals surface area contributed by atoms with Gasteiger partial charge in [0.15, 0.2) is 6.10 Å². The van der Waals surface area contributed by atoms with Crippen LogP contribution in [0.2, 0.25) is 0 Å². The van der Waals surface area contributed by atoms with E-state index in [0.29, 0.717) is 36.0 Å². The third kappa shape index (κ3) is 3.57. The van der Waals surface area contributed by atoms with E-state index in [-0.39, 0.29) is 11.5 Å². The predicted molar refractivity (Wildman–Crippen MR) is 107 cm³/mol. The monoisotopic (exact) mass is 399 g/mol. The molecule has 1 N–H and O–H groups in total. The number of carbonyl (C=O) groups excluding carboxylic acids is 1. The van der Waals surface area contributed by atoms with Gasteiger partial charge in [0.1, 0.15) is 10.8 Å². The molecule has 0 unspecified atom stereocenters. The Bertz CT molecular complexity index is 1080. The third-order valence-corrected chi connectivity index (χ3v) is 5.34. The molecule has 3 aromatic rings. The summed E-state index contributed by atoms with van der Waals surface area (Å²) in [4.78, 5) is 31.6. The Kier molecular flexibility index (Phi) is 4.99. The summed E-state index contributed by atoms with van der Waals surface area (Å²) < 4.78 is 7.24. The van der Waals surface area contributed by atoms with Crippen LogP contribution < -0.4 is 20.5 Å². The summed E-state index contributed by atoms with van der Waals surface area (Å²) in [5.41, 5.74) is 1.38. The molecule has 1 aromatic carbocycles. The summed E-state index contributed by atoms with van der Waals surface area (Å²) in [6.45, 7) is 5.29. The molecular formula is C19H21N5O3S. The summed E-state index contributed by atoms with van der Waals surface area (Å²) in [5, 5.41) is 8.06. The lowest BCUT2D eigenvalue weighted by Gasteiger charge is -2.35. The summed E-state index contributed by atoms with van der Waals surface area (Å²) in [5.74, 6) is 0.539. The van der Waals surface area contributed by atoms with E-state index in [1.165, 1.54) is 21.9 Å². The van der Waals surface area contributed by atoms with Gasteiger partial charge >= 0.3 is 0 Å². The van der Waals surface area contributed by atoms with Crippen LogP contribution in [0, 0.1) is 6.92 Å². The first kappa shape index (κ1) is 18.4. The average Bonchev–Trinajstić information content (AvgIpc) is 3.08. The smallest absolute Gasteiger partial charge is 0.275 e. The van der Waals surface area contributed by atoms with E-state index in [4.69, 9.17) is 4.74 Å². The number of nitrogens with zero attached hydrogens (tertiary/aromatic N) is 4. The molecule has 2 aromatic heterocycles. The SMILES string of the molecule is CCCNC(=O)[C@@H]1CN(Cc2nn3c(=O)cc(C)nc3s2)c2ccccc2O1. The van der Waals surface area contributed by atoms with Crippen LogP contribution in [-0.2, 0) is 11.3 Å². The maximum absolute atomic E-state index is 12.5. The zero-order valence-corrected chi connectivity index (χ0v) is 16.5. The van der Waals surface area contributed by atoms with E-state index < -0.39 is 6.10 Å². The molecule has 3 heterocycles. The quantitative estimate of drug-likeness (QED) is 0.703. The number of hydrogen-bond donors (Lipinski definition) is 1. The molecule has 8 nitrogen and oxygen atoms in total. The number of anilines is 1. The van der Waals surface area contributed by atoms with Crippen LogP contribution in [0.3, 0.4) is 0 Å². The molecule has 1 aliphatic heterocycles. The molecule has 1 aliphatic rings. The molecule has 1 atom stereocenters. The number of ether oxygens (including phenoxy) is 1. The van der Waals surface area contributed by atoms with E-state index in [1.54, 1.807) is 6.92 Å². The molecule has 0 fully saturated rings. The maximum Gasteiger partial charge on any atom is 0.275 e. The highest BCUT2D eigenvalue weighted by atomic mass is 32.1. The third-order valence-electron chi connectivity index (χ3n) is 4.44. The van der Waals surface area contributed by atoms with E-state index in [2.05, 4.69) is 20.3 Å². The number of fused-ring (bicyclic) bond motifs is 2. The van der Waals surface area contributed by atoms with Crippen molar-refractivity contribution >= 4 is 27.9 Å². The van der Waals surface area contributed by atoms with Gasteiger partial charge in [-0.05, 0) is 25.5 Å².